The van der Waals surface area contributed by atoms with Crippen molar-refractivity contribution in [2.24, 2.45) is 5.92 Å². The van der Waals surface area contributed by atoms with Gasteiger partial charge in [0, 0.05) is 33.0 Å². The Morgan fingerprint density at radius 1 is 1.65 bits per heavy atom. The Labute approximate surface area is 109 Å². The molecule has 88 valence electrons. The number of anilines is 1. The number of piperidine rings is 1. The monoisotopic (exact) mass is 262 g/mol. The molecule has 3 aliphatic rings. The molecule has 1 saturated heterocycles. The van der Waals surface area contributed by atoms with Crippen molar-refractivity contribution in [3.63, 3.8) is 0 Å². The van der Waals surface area contributed by atoms with E-state index in [1.165, 1.54) is 27.5 Å². The molecule has 0 amide bonds. The summed E-state index contributed by atoms with van der Waals surface area (Å²) in [5, 5.41) is 4.49. The van der Waals surface area contributed by atoms with Gasteiger partial charge in [0.1, 0.15) is 5.00 Å². The average Bonchev–Trinajstić information content (AvgIpc) is 2.76. The second-order valence-electron chi connectivity index (χ2n) is 5.04. The van der Waals surface area contributed by atoms with Gasteiger partial charge in [-0.15, -0.1) is 23.1 Å². The molecule has 1 saturated carbocycles. The SMILES string of the molecule is C=C1C=C2NCC3CC23c2sc(N)c(SC)c21. The molecule has 3 N–H and O–H groups in total. The molecule has 4 rings (SSSR count). The summed E-state index contributed by atoms with van der Waals surface area (Å²) in [4.78, 5) is 2.70. The first kappa shape index (κ1) is 10.1. The van der Waals surface area contributed by atoms with Crippen LogP contribution in [0.5, 0.6) is 0 Å². The molecule has 1 spiro atoms. The minimum atomic E-state index is 0.295. The third-order valence-electron chi connectivity index (χ3n) is 4.26. The molecule has 2 fully saturated rings. The van der Waals surface area contributed by atoms with Gasteiger partial charge in [-0.2, -0.15) is 0 Å². The van der Waals surface area contributed by atoms with Gasteiger partial charge in [0.2, 0.25) is 0 Å². The second kappa shape index (κ2) is 2.93. The fourth-order valence-corrected chi connectivity index (χ4v) is 5.74. The average molecular weight is 262 g/mol. The summed E-state index contributed by atoms with van der Waals surface area (Å²) in [7, 11) is 0. The number of thioether (sulfide) groups is 1. The topological polar surface area (TPSA) is 38.0 Å². The third kappa shape index (κ3) is 0.998. The van der Waals surface area contributed by atoms with Crippen LogP contribution in [0, 0.1) is 5.92 Å². The fourth-order valence-electron chi connectivity index (χ4n) is 3.37. The van der Waals surface area contributed by atoms with E-state index in [1.807, 2.05) is 0 Å². The first-order valence-corrected chi connectivity index (χ1v) is 7.84. The molecule has 2 heterocycles. The van der Waals surface area contributed by atoms with Gasteiger partial charge in [0.05, 0.1) is 0 Å². The quantitative estimate of drug-likeness (QED) is 0.764. The zero-order valence-corrected chi connectivity index (χ0v) is 11.3. The highest BCUT2D eigenvalue weighted by Crippen LogP contribution is 2.67. The van der Waals surface area contributed by atoms with E-state index < -0.39 is 0 Å². The van der Waals surface area contributed by atoms with Crippen LogP contribution in [0.3, 0.4) is 0 Å². The van der Waals surface area contributed by atoms with E-state index in [9.17, 15) is 0 Å². The maximum Gasteiger partial charge on any atom is 0.100 e. The van der Waals surface area contributed by atoms with Crippen LogP contribution in [0.25, 0.3) is 5.57 Å². The Balaban J connectivity index is 2.02. The van der Waals surface area contributed by atoms with Crippen LogP contribution < -0.4 is 11.1 Å². The lowest BCUT2D eigenvalue weighted by Gasteiger charge is -2.23. The minimum Gasteiger partial charge on any atom is -0.390 e. The van der Waals surface area contributed by atoms with Crippen LogP contribution in [0.15, 0.2) is 23.2 Å². The first-order valence-electron chi connectivity index (χ1n) is 5.80. The number of rotatable bonds is 1. The molecule has 2 aliphatic carbocycles. The summed E-state index contributed by atoms with van der Waals surface area (Å²) in [5.41, 5.74) is 10.3. The lowest BCUT2D eigenvalue weighted by Crippen LogP contribution is -2.20. The molecule has 0 aromatic carbocycles. The largest absolute Gasteiger partial charge is 0.390 e. The maximum absolute atomic E-state index is 6.17. The molecule has 2 nitrogen and oxygen atoms in total. The van der Waals surface area contributed by atoms with Crippen molar-refractivity contribution in [2.45, 2.75) is 16.7 Å². The molecule has 4 heteroatoms. The predicted molar refractivity (Wildman–Crippen MR) is 75.4 cm³/mol. The summed E-state index contributed by atoms with van der Waals surface area (Å²) < 4.78 is 0. The van der Waals surface area contributed by atoms with Crippen molar-refractivity contribution in [2.75, 3.05) is 18.5 Å². The van der Waals surface area contributed by atoms with Crippen LogP contribution in [0.2, 0.25) is 0 Å². The number of allylic oxidation sites excluding steroid dienone is 3. The van der Waals surface area contributed by atoms with Crippen molar-refractivity contribution in [3.05, 3.63) is 28.8 Å². The molecule has 2 unspecified atom stereocenters. The number of nitrogen functional groups attached to an aromatic ring is 1. The fraction of sp³-hybridized carbons (Fsp3) is 0.385. The predicted octanol–water partition coefficient (Wildman–Crippen LogP) is 2.82. The molecule has 0 radical (unpaired) electrons. The summed E-state index contributed by atoms with van der Waals surface area (Å²) in [6.07, 6.45) is 5.63. The highest BCUT2D eigenvalue weighted by Gasteiger charge is 2.64. The van der Waals surface area contributed by atoms with Gasteiger partial charge in [-0.1, -0.05) is 6.58 Å². The smallest absolute Gasteiger partial charge is 0.100 e. The normalized spacial score (nSPS) is 32.4. The lowest BCUT2D eigenvalue weighted by molar-refractivity contribution is 0.789. The minimum absolute atomic E-state index is 0.295. The van der Waals surface area contributed by atoms with Gasteiger partial charge in [0.15, 0.2) is 0 Å². The third-order valence-corrected chi connectivity index (χ3v) is 6.42. The number of fused-ring (bicyclic) bond motifs is 1. The van der Waals surface area contributed by atoms with E-state index in [-0.39, 0.29) is 0 Å². The van der Waals surface area contributed by atoms with Crippen LogP contribution in [-0.4, -0.2) is 12.8 Å². The summed E-state index contributed by atoms with van der Waals surface area (Å²) in [6, 6.07) is 0. The Morgan fingerprint density at radius 2 is 2.47 bits per heavy atom. The highest BCUT2D eigenvalue weighted by atomic mass is 32.2. The second-order valence-corrected chi connectivity index (χ2v) is 6.91. The van der Waals surface area contributed by atoms with Crippen molar-refractivity contribution < 1.29 is 0 Å². The van der Waals surface area contributed by atoms with Crippen molar-refractivity contribution in [3.8, 4) is 0 Å². The van der Waals surface area contributed by atoms with Crippen molar-refractivity contribution in [1.29, 1.82) is 0 Å². The van der Waals surface area contributed by atoms with E-state index in [2.05, 4.69) is 24.2 Å². The van der Waals surface area contributed by atoms with Gasteiger partial charge in [-0.05, 0) is 30.2 Å². The van der Waals surface area contributed by atoms with E-state index in [0.717, 1.165) is 23.0 Å². The van der Waals surface area contributed by atoms with Crippen LogP contribution >= 0.6 is 23.1 Å². The number of thiophene rings is 1. The molecular formula is C13H14N2S2. The molecule has 17 heavy (non-hydrogen) atoms. The number of hydrogen-bond acceptors (Lipinski definition) is 4. The standard InChI is InChI=1S/C13H14N2S2/c1-6-3-8-13(4-7(13)5-15-8)11-9(6)10(16-2)12(14)17-11/h3,7,15H,1,4-5,14H2,2H3. The van der Waals surface area contributed by atoms with Gasteiger partial charge in [-0.3, -0.25) is 0 Å². The van der Waals surface area contributed by atoms with Crippen molar-refractivity contribution >= 4 is 33.7 Å². The molecule has 2 atom stereocenters. The lowest BCUT2D eigenvalue weighted by atomic mass is 9.87. The zero-order chi connectivity index (χ0) is 11.8. The van der Waals surface area contributed by atoms with E-state index in [0.29, 0.717) is 5.41 Å². The molecule has 1 aromatic heterocycles. The Kier molecular flexibility index (Phi) is 1.74. The Hall–Kier alpha value is -0.870. The summed E-state index contributed by atoms with van der Waals surface area (Å²) in [6.45, 7) is 5.32. The molecule has 1 aliphatic heterocycles. The first-order chi connectivity index (χ1) is 8.18. The van der Waals surface area contributed by atoms with Crippen molar-refractivity contribution in [1.82, 2.24) is 5.32 Å². The van der Waals surface area contributed by atoms with Crippen LogP contribution in [-0.2, 0) is 5.41 Å². The van der Waals surface area contributed by atoms with Gasteiger partial charge < -0.3 is 11.1 Å². The number of nitrogens with two attached hydrogens (primary N) is 1. The van der Waals surface area contributed by atoms with E-state index >= 15 is 0 Å². The number of hydrogen-bond donors (Lipinski definition) is 2. The Bertz CT molecular complexity index is 584. The maximum atomic E-state index is 6.17. The number of nitrogens with one attached hydrogen (secondary N) is 1. The van der Waals surface area contributed by atoms with E-state index in [1.54, 1.807) is 23.1 Å². The summed E-state index contributed by atoms with van der Waals surface area (Å²) >= 11 is 3.52. The van der Waals surface area contributed by atoms with Crippen LogP contribution in [0.4, 0.5) is 5.00 Å². The van der Waals surface area contributed by atoms with Crippen LogP contribution in [0.1, 0.15) is 16.9 Å². The summed E-state index contributed by atoms with van der Waals surface area (Å²) in [5.74, 6) is 0.786. The zero-order valence-electron chi connectivity index (χ0n) is 9.67. The van der Waals surface area contributed by atoms with Gasteiger partial charge in [0.25, 0.3) is 0 Å². The van der Waals surface area contributed by atoms with E-state index in [4.69, 9.17) is 5.73 Å². The Morgan fingerprint density at radius 3 is 3.18 bits per heavy atom. The molecular weight excluding hydrogens is 248 g/mol. The molecule has 0 bridgehead atoms. The van der Waals surface area contributed by atoms with Gasteiger partial charge >= 0.3 is 0 Å². The molecule has 1 aromatic rings. The highest BCUT2D eigenvalue weighted by molar-refractivity contribution is 7.99. The van der Waals surface area contributed by atoms with Gasteiger partial charge in [-0.25, -0.2) is 0 Å².